The van der Waals surface area contributed by atoms with Crippen LogP contribution in [0.4, 0.5) is 0 Å². The number of nitrogens with two attached hydrogens (primary N) is 1. The molecular formula is C16H27N5O7S. The molecule has 29 heavy (non-hydrogen) atoms. The van der Waals surface area contributed by atoms with E-state index in [-0.39, 0.29) is 12.3 Å². The molecule has 13 heteroatoms. The quantitative estimate of drug-likeness (QED) is 0.172. The Bertz CT molecular complexity index is 647. The van der Waals surface area contributed by atoms with Crippen LogP contribution in [0.5, 0.6) is 0 Å². The van der Waals surface area contributed by atoms with Crippen molar-refractivity contribution < 1.29 is 34.2 Å². The molecule has 0 aromatic carbocycles. The average Bonchev–Trinajstić information content (AvgIpc) is 3.18. The molecule has 0 bridgehead atoms. The summed E-state index contributed by atoms with van der Waals surface area (Å²) in [6.45, 7) is 0.549. The predicted octanol–water partition coefficient (Wildman–Crippen LogP) is -3.58. The number of amides is 4. The minimum Gasteiger partial charge on any atom is -0.480 e. The largest absolute Gasteiger partial charge is 0.480 e. The Balaban J connectivity index is 2.61. The first-order valence-electron chi connectivity index (χ1n) is 9.00. The molecule has 12 nitrogen and oxygen atoms in total. The zero-order valence-electron chi connectivity index (χ0n) is 16.0. The van der Waals surface area contributed by atoms with Gasteiger partial charge in [-0.25, -0.2) is 4.79 Å². The van der Waals surface area contributed by atoms with Crippen LogP contribution in [0.15, 0.2) is 0 Å². The van der Waals surface area contributed by atoms with Crippen LogP contribution < -0.4 is 21.7 Å². The molecular weight excluding hydrogens is 406 g/mol. The standard InChI is InChI=1S/C16H27N5O7S/c1-8(13(24)20-10(6-22)16(27)28)19-15(26)11-3-2-4-21(11)12(23)5-18-14(25)9(17)7-29/h8-11,22,29H,2-7,17H2,1H3,(H,18,25)(H,19,26)(H,20,24)(H,27,28)/t8-,9-,10-,11-/m0/s1. The first-order valence-corrected chi connectivity index (χ1v) is 9.63. The van der Waals surface area contributed by atoms with Crippen LogP contribution >= 0.6 is 12.6 Å². The van der Waals surface area contributed by atoms with Gasteiger partial charge in [-0.15, -0.1) is 0 Å². The van der Waals surface area contributed by atoms with Crippen LogP contribution in [0, 0.1) is 0 Å². The van der Waals surface area contributed by atoms with Gasteiger partial charge in [0.25, 0.3) is 0 Å². The van der Waals surface area contributed by atoms with E-state index in [0.717, 1.165) is 0 Å². The van der Waals surface area contributed by atoms with Crippen molar-refractivity contribution in [2.24, 2.45) is 5.73 Å². The van der Waals surface area contributed by atoms with E-state index in [1.165, 1.54) is 11.8 Å². The summed E-state index contributed by atoms with van der Waals surface area (Å²) in [4.78, 5) is 60.7. The molecule has 4 atom stereocenters. The summed E-state index contributed by atoms with van der Waals surface area (Å²) in [5.74, 6) is -3.65. The number of carboxylic acid groups (broad SMARTS) is 1. The molecule has 164 valence electrons. The predicted molar refractivity (Wildman–Crippen MR) is 104 cm³/mol. The molecule has 1 heterocycles. The molecule has 1 aliphatic heterocycles. The lowest BCUT2D eigenvalue weighted by Gasteiger charge is -2.26. The van der Waals surface area contributed by atoms with E-state index in [9.17, 15) is 24.0 Å². The second-order valence-electron chi connectivity index (χ2n) is 6.56. The Labute approximate surface area is 173 Å². The number of carbonyl (C=O) groups is 5. The summed E-state index contributed by atoms with van der Waals surface area (Å²) < 4.78 is 0. The van der Waals surface area contributed by atoms with E-state index in [0.29, 0.717) is 19.4 Å². The molecule has 0 spiro atoms. The summed E-state index contributed by atoms with van der Waals surface area (Å²) in [5.41, 5.74) is 5.51. The SMILES string of the molecule is C[C@H](NC(=O)[C@@H]1CCCN1C(=O)CNC(=O)[C@@H](N)CS)C(=O)N[C@@H](CO)C(=O)O. The summed E-state index contributed by atoms with van der Waals surface area (Å²) in [6, 6.07) is -4.24. The molecule has 1 saturated heterocycles. The van der Waals surface area contributed by atoms with Gasteiger partial charge >= 0.3 is 5.97 Å². The van der Waals surface area contributed by atoms with Gasteiger partial charge in [-0.05, 0) is 19.8 Å². The molecule has 0 aromatic rings. The first-order chi connectivity index (χ1) is 13.6. The number of thiol groups is 1. The number of carboxylic acids is 1. The number of hydrogen-bond donors (Lipinski definition) is 7. The van der Waals surface area contributed by atoms with E-state index < -0.39 is 60.4 Å². The summed E-state index contributed by atoms with van der Waals surface area (Å²) in [7, 11) is 0. The van der Waals surface area contributed by atoms with E-state index in [2.05, 4.69) is 28.6 Å². The zero-order valence-corrected chi connectivity index (χ0v) is 16.9. The molecule has 0 saturated carbocycles. The van der Waals surface area contributed by atoms with Gasteiger partial charge in [-0.1, -0.05) is 0 Å². The minimum absolute atomic E-state index is 0.119. The van der Waals surface area contributed by atoms with E-state index in [1.807, 2.05) is 0 Å². The fourth-order valence-electron chi connectivity index (χ4n) is 2.67. The summed E-state index contributed by atoms with van der Waals surface area (Å²) in [5, 5.41) is 24.7. The van der Waals surface area contributed by atoms with E-state index in [1.54, 1.807) is 0 Å². The van der Waals surface area contributed by atoms with E-state index in [4.69, 9.17) is 15.9 Å². The lowest BCUT2D eigenvalue weighted by atomic mass is 10.1. The van der Waals surface area contributed by atoms with Crippen LogP contribution in [-0.4, -0.2) is 94.3 Å². The van der Waals surface area contributed by atoms with Gasteiger partial charge in [-0.2, -0.15) is 12.6 Å². The molecule has 0 aromatic heterocycles. The fraction of sp³-hybridized carbons (Fsp3) is 0.688. The number of nitrogens with one attached hydrogen (secondary N) is 3. The minimum atomic E-state index is -1.49. The lowest BCUT2D eigenvalue weighted by molar-refractivity contribution is -0.143. The number of carbonyl (C=O) groups excluding carboxylic acids is 4. The maximum Gasteiger partial charge on any atom is 0.328 e. The topological polar surface area (TPSA) is 191 Å². The Morgan fingerprint density at radius 3 is 2.41 bits per heavy atom. The lowest BCUT2D eigenvalue weighted by Crippen LogP contribution is -2.55. The second kappa shape index (κ2) is 11.6. The number of hydrogen-bond acceptors (Lipinski definition) is 8. The van der Waals surface area contributed by atoms with Gasteiger partial charge in [0, 0.05) is 12.3 Å². The van der Waals surface area contributed by atoms with Gasteiger partial charge in [0.2, 0.25) is 23.6 Å². The Morgan fingerprint density at radius 1 is 1.21 bits per heavy atom. The van der Waals surface area contributed by atoms with Gasteiger partial charge in [-0.3, -0.25) is 19.2 Å². The van der Waals surface area contributed by atoms with Crippen LogP contribution in [0.3, 0.4) is 0 Å². The third-order valence-corrected chi connectivity index (χ3v) is 4.77. The first kappa shape index (κ1) is 24.7. The van der Waals surface area contributed by atoms with E-state index >= 15 is 0 Å². The highest BCUT2D eigenvalue weighted by atomic mass is 32.1. The van der Waals surface area contributed by atoms with Crippen LogP contribution in [0.25, 0.3) is 0 Å². The Morgan fingerprint density at radius 2 is 1.86 bits per heavy atom. The molecule has 1 rings (SSSR count). The van der Waals surface area contributed by atoms with Crippen molar-refractivity contribution in [1.82, 2.24) is 20.9 Å². The van der Waals surface area contributed by atoms with Gasteiger partial charge in [0.05, 0.1) is 19.2 Å². The monoisotopic (exact) mass is 433 g/mol. The number of likely N-dealkylation sites (tertiary alicyclic amines) is 1. The van der Waals surface area contributed by atoms with Crippen LogP contribution in [0.1, 0.15) is 19.8 Å². The highest BCUT2D eigenvalue weighted by Gasteiger charge is 2.35. The van der Waals surface area contributed by atoms with Crippen molar-refractivity contribution in [3.63, 3.8) is 0 Å². The Hall–Kier alpha value is -2.38. The molecule has 1 fully saturated rings. The maximum absolute atomic E-state index is 12.5. The number of aliphatic carboxylic acids is 1. The van der Waals surface area contributed by atoms with Gasteiger partial charge in [0.1, 0.15) is 18.1 Å². The van der Waals surface area contributed by atoms with Crippen molar-refractivity contribution >= 4 is 42.2 Å². The zero-order chi connectivity index (χ0) is 22.1. The van der Waals surface area contributed by atoms with Crippen LogP contribution in [-0.2, 0) is 24.0 Å². The number of aliphatic hydroxyl groups is 1. The summed E-state index contributed by atoms with van der Waals surface area (Å²) >= 11 is 3.90. The molecule has 7 N–H and O–H groups in total. The van der Waals surface area contributed by atoms with Crippen molar-refractivity contribution in [2.75, 3.05) is 25.4 Å². The number of nitrogens with zero attached hydrogens (tertiary/aromatic N) is 1. The maximum atomic E-state index is 12.5. The average molecular weight is 433 g/mol. The molecule has 0 unspecified atom stereocenters. The molecule has 1 aliphatic rings. The van der Waals surface area contributed by atoms with Crippen molar-refractivity contribution in [1.29, 1.82) is 0 Å². The second-order valence-corrected chi connectivity index (χ2v) is 6.93. The fourth-order valence-corrected chi connectivity index (χ4v) is 2.84. The Kier molecular flexibility index (Phi) is 9.85. The van der Waals surface area contributed by atoms with Gasteiger partial charge in [0.15, 0.2) is 0 Å². The molecule has 0 aliphatic carbocycles. The number of rotatable bonds is 10. The molecule has 0 radical (unpaired) electrons. The highest BCUT2D eigenvalue weighted by molar-refractivity contribution is 7.80. The smallest absolute Gasteiger partial charge is 0.328 e. The highest BCUT2D eigenvalue weighted by Crippen LogP contribution is 2.17. The number of aliphatic hydroxyl groups excluding tert-OH is 1. The summed E-state index contributed by atoms with van der Waals surface area (Å²) in [6.07, 6.45) is 0.949. The van der Waals surface area contributed by atoms with Crippen molar-refractivity contribution in [3.8, 4) is 0 Å². The molecule has 4 amide bonds. The van der Waals surface area contributed by atoms with Crippen molar-refractivity contribution in [2.45, 2.75) is 43.9 Å². The third-order valence-electron chi connectivity index (χ3n) is 4.37. The normalized spacial score (nSPS) is 19.0. The van der Waals surface area contributed by atoms with Crippen molar-refractivity contribution in [3.05, 3.63) is 0 Å². The van der Waals surface area contributed by atoms with Gasteiger partial charge < -0.3 is 36.8 Å². The van der Waals surface area contributed by atoms with Crippen LogP contribution in [0.2, 0.25) is 0 Å². The third kappa shape index (κ3) is 7.18.